The van der Waals surface area contributed by atoms with Crippen molar-refractivity contribution in [3.63, 3.8) is 0 Å². The van der Waals surface area contributed by atoms with E-state index in [9.17, 15) is 4.79 Å². The van der Waals surface area contributed by atoms with Crippen molar-refractivity contribution in [3.8, 4) is 0 Å². The molecule has 0 saturated heterocycles. The molecule has 0 amide bonds. The second-order valence-corrected chi connectivity index (χ2v) is 5.14. The summed E-state index contributed by atoms with van der Waals surface area (Å²) in [6, 6.07) is 15.6. The van der Waals surface area contributed by atoms with Gasteiger partial charge in [0.05, 0.1) is 7.11 Å². The number of benzene rings is 2. The molecule has 3 heteroatoms. The molecule has 0 N–H and O–H groups in total. The van der Waals surface area contributed by atoms with Crippen LogP contribution in [0.2, 0.25) is 5.02 Å². The van der Waals surface area contributed by atoms with E-state index in [0.29, 0.717) is 10.6 Å². The molecular weight excluding hydrogens is 272 g/mol. The average Bonchev–Trinajstić information content (AvgIpc) is 2.85. The summed E-state index contributed by atoms with van der Waals surface area (Å²) in [6.07, 6.45) is 1.88. The van der Waals surface area contributed by atoms with E-state index in [1.54, 1.807) is 0 Å². The molecule has 0 heterocycles. The lowest BCUT2D eigenvalue weighted by molar-refractivity contribution is -0.136. The van der Waals surface area contributed by atoms with Gasteiger partial charge in [-0.3, -0.25) is 0 Å². The minimum Gasteiger partial charge on any atom is -0.466 e. The molecule has 0 bridgehead atoms. The minimum atomic E-state index is -0.300. The van der Waals surface area contributed by atoms with E-state index in [0.717, 1.165) is 16.7 Å². The quantitative estimate of drug-likeness (QED) is 0.778. The highest BCUT2D eigenvalue weighted by Gasteiger charge is 2.31. The Morgan fingerprint density at radius 2 is 1.90 bits per heavy atom. The Balaban J connectivity index is 2.16. The highest BCUT2D eigenvalue weighted by molar-refractivity contribution is 6.30. The standard InChI is InChI=1S/C17H13ClO2/c1-20-17(19)15-9-12-7-8-13(18)10-14(12)16(15)11-5-3-2-4-6-11/h2-10,16H,1H3. The molecule has 2 nitrogen and oxygen atoms in total. The van der Waals surface area contributed by atoms with Crippen LogP contribution in [0, 0.1) is 0 Å². The molecule has 1 aliphatic carbocycles. The maximum absolute atomic E-state index is 12.0. The van der Waals surface area contributed by atoms with Crippen LogP contribution in [0.1, 0.15) is 22.6 Å². The number of rotatable bonds is 2. The second-order valence-electron chi connectivity index (χ2n) is 4.71. The van der Waals surface area contributed by atoms with Gasteiger partial charge in [-0.25, -0.2) is 4.79 Å². The molecule has 1 unspecified atom stereocenters. The van der Waals surface area contributed by atoms with Crippen molar-refractivity contribution in [1.82, 2.24) is 0 Å². The summed E-state index contributed by atoms with van der Waals surface area (Å²) < 4.78 is 4.91. The van der Waals surface area contributed by atoms with Gasteiger partial charge in [-0.2, -0.15) is 0 Å². The van der Waals surface area contributed by atoms with Crippen LogP contribution in [0.4, 0.5) is 0 Å². The first-order valence-corrected chi connectivity index (χ1v) is 6.73. The molecule has 0 fully saturated rings. The molecule has 3 rings (SSSR count). The molecule has 20 heavy (non-hydrogen) atoms. The molecule has 0 aromatic heterocycles. The van der Waals surface area contributed by atoms with E-state index in [1.165, 1.54) is 7.11 Å². The van der Waals surface area contributed by atoms with Gasteiger partial charge < -0.3 is 4.74 Å². The van der Waals surface area contributed by atoms with Gasteiger partial charge in [0, 0.05) is 16.5 Å². The lowest BCUT2D eigenvalue weighted by Crippen LogP contribution is -2.11. The summed E-state index contributed by atoms with van der Waals surface area (Å²) in [6.45, 7) is 0. The van der Waals surface area contributed by atoms with E-state index in [4.69, 9.17) is 16.3 Å². The monoisotopic (exact) mass is 284 g/mol. The average molecular weight is 285 g/mol. The van der Waals surface area contributed by atoms with Crippen molar-refractivity contribution in [2.45, 2.75) is 5.92 Å². The Kier molecular flexibility index (Phi) is 3.33. The molecule has 100 valence electrons. The number of halogens is 1. The molecule has 1 atom stereocenters. The van der Waals surface area contributed by atoms with Gasteiger partial charge in [-0.1, -0.05) is 48.0 Å². The molecule has 0 saturated carbocycles. The molecule has 1 aliphatic rings. The van der Waals surface area contributed by atoms with Crippen molar-refractivity contribution in [2.75, 3.05) is 7.11 Å². The zero-order chi connectivity index (χ0) is 14.1. The normalized spacial score (nSPS) is 16.5. The van der Waals surface area contributed by atoms with Crippen molar-refractivity contribution < 1.29 is 9.53 Å². The van der Waals surface area contributed by atoms with Crippen molar-refractivity contribution in [2.24, 2.45) is 0 Å². The zero-order valence-corrected chi connectivity index (χ0v) is 11.7. The first-order valence-electron chi connectivity index (χ1n) is 6.35. The van der Waals surface area contributed by atoms with E-state index < -0.39 is 0 Å². The minimum absolute atomic E-state index is 0.114. The van der Waals surface area contributed by atoms with E-state index in [-0.39, 0.29) is 11.9 Å². The van der Waals surface area contributed by atoms with Gasteiger partial charge >= 0.3 is 5.97 Å². The van der Waals surface area contributed by atoms with Crippen LogP contribution in [0.5, 0.6) is 0 Å². The maximum atomic E-state index is 12.0. The first-order chi connectivity index (χ1) is 9.70. The molecule has 0 aliphatic heterocycles. The summed E-state index contributed by atoms with van der Waals surface area (Å²) >= 11 is 6.10. The third-order valence-electron chi connectivity index (χ3n) is 3.54. The summed E-state index contributed by atoms with van der Waals surface area (Å²) in [5.41, 5.74) is 3.77. The van der Waals surface area contributed by atoms with E-state index in [2.05, 4.69) is 0 Å². The summed E-state index contributed by atoms with van der Waals surface area (Å²) in [5, 5.41) is 0.671. The van der Waals surface area contributed by atoms with Gasteiger partial charge in [0.1, 0.15) is 0 Å². The highest BCUT2D eigenvalue weighted by Crippen LogP contribution is 2.42. The van der Waals surface area contributed by atoms with Gasteiger partial charge in [-0.05, 0) is 34.9 Å². The van der Waals surface area contributed by atoms with Gasteiger partial charge in [0.25, 0.3) is 0 Å². The predicted octanol–water partition coefficient (Wildman–Crippen LogP) is 4.04. The Labute approximate surface area is 122 Å². The largest absolute Gasteiger partial charge is 0.466 e. The summed E-state index contributed by atoms with van der Waals surface area (Å²) in [5.74, 6) is -0.413. The Morgan fingerprint density at radius 3 is 2.60 bits per heavy atom. The lowest BCUT2D eigenvalue weighted by Gasteiger charge is -2.16. The fraction of sp³-hybridized carbons (Fsp3) is 0.118. The number of carbonyl (C=O) groups is 1. The topological polar surface area (TPSA) is 26.3 Å². The number of hydrogen-bond acceptors (Lipinski definition) is 2. The fourth-order valence-electron chi connectivity index (χ4n) is 2.64. The highest BCUT2D eigenvalue weighted by atomic mass is 35.5. The van der Waals surface area contributed by atoms with Crippen LogP contribution >= 0.6 is 11.6 Å². The van der Waals surface area contributed by atoms with Crippen LogP contribution in [0.15, 0.2) is 54.1 Å². The van der Waals surface area contributed by atoms with Crippen molar-refractivity contribution >= 4 is 23.6 Å². The second kappa shape index (κ2) is 5.14. The third-order valence-corrected chi connectivity index (χ3v) is 3.77. The van der Waals surface area contributed by atoms with E-state index in [1.807, 2.05) is 54.6 Å². The first kappa shape index (κ1) is 12.9. The zero-order valence-electron chi connectivity index (χ0n) is 11.0. The molecule has 0 spiro atoms. The molecule has 2 aromatic carbocycles. The van der Waals surface area contributed by atoms with Crippen LogP contribution < -0.4 is 0 Å². The van der Waals surface area contributed by atoms with Crippen molar-refractivity contribution in [3.05, 3.63) is 75.8 Å². The maximum Gasteiger partial charge on any atom is 0.334 e. The number of hydrogen-bond donors (Lipinski definition) is 0. The van der Waals surface area contributed by atoms with Crippen molar-refractivity contribution in [1.29, 1.82) is 0 Å². The van der Waals surface area contributed by atoms with E-state index >= 15 is 0 Å². The lowest BCUT2D eigenvalue weighted by atomic mass is 9.88. The molecule has 2 aromatic rings. The smallest absolute Gasteiger partial charge is 0.334 e. The van der Waals surface area contributed by atoms with Gasteiger partial charge in [0.2, 0.25) is 0 Å². The summed E-state index contributed by atoms with van der Waals surface area (Å²) in [7, 11) is 1.40. The van der Waals surface area contributed by atoms with Gasteiger partial charge in [-0.15, -0.1) is 0 Å². The number of fused-ring (bicyclic) bond motifs is 1. The van der Waals surface area contributed by atoms with Gasteiger partial charge in [0.15, 0.2) is 0 Å². The molecular formula is C17H13ClO2. The SMILES string of the molecule is COC(=O)C1=Cc2ccc(Cl)cc2C1c1ccccc1. The molecule has 0 radical (unpaired) electrons. The summed E-state index contributed by atoms with van der Waals surface area (Å²) in [4.78, 5) is 12.0. The van der Waals surface area contributed by atoms with Crippen LogP contribution in [-0.4, -0.2) is 13.1 Å². The number of esters is 1. The Hall–Kier alpha value is -2.06. The van der Waals surface area contributed by atoms with Crippen LogP contribution in [-0.2, 0) is 9.53 Å². The number of methoxy groups -OCH3 is 1. The van der Waals surface area contributed by atoms with Crippen LogP contribution in [0.3, 0.4) is 0 Å². The fourth-order valence-corrected chi connectivity index (χ4v) is 2.83. The van der Waals surface area contributed by atoms with Crippen LogP contribution in [0.25, 0.3) is 6.08 Å². The Bertz CT molecular complexity index is 689. The Morgan fingerprint density at radius 1 is 1.15 bits per heavy atom. The number of carbonyl (C=O) groups excluding carboxylic acids is 1. The predicted molar refractivity (Wildman–Crippen MR) is 79.7 cm³/mol. The number of ether oxygens (including phenoxy) is 1. The third kappa shape index (κ3) is 2.12.